The van der Waals surface area contributed by atoms with Crippen LogP contribution in [-0.4, -0.2) is 54.3 Å². The fourth-order valence-electron chi connectivity index (χ4n) is 4.45. The van der Waals surface area contributed by atoms with Crippen LogP contribution in [0.1, 0.15) is 142 Å². The van der Waals surface area contributed by atoms with Gasteiger partial charge < -0.3 is 20.1 Å². The first kappa shape index (κ1) is 43.2. The SMILES string of the molecule is CC/C=C\C/C=C\C/C=C\CCCCCCCCCC(=O)OCC(O)COP(=O)(O)OCCNC(=O)CCCCCCCCC. The Labute approximate surface area is 273 Å². The van der Waals surface area contributed by atoms with E-state index in [0.717, 1.165) is 70.6 Å². The van der Waals surface area contributed by atoms with Crippen molar-refractivity contribution in [2.75, 3.05) is 26.4 Å². The molecule has 0 aliphatic rings. The van der Waals surface area contributed by atoms with E-state index >= 15 is 0 Å². The molecule has 3 N–H and O–H groups in total. The molecular weight excluding hydrogens is 593 g/mol. The zero-order chi connectivity index (χ0) is 33.3. The van der Waals surface area contributed by atoms with Crippen molar-refractivity contribution < 1.29 is 37.9 Å². The summed E-state index contributed by atoms with van der Waals surface area (Å²) in [7, 11) is -4.40. The van der Waals surface area contributed by atoms with Crippen molar-refractivity contribution in [3.05, 3.63) is 36.5 Å². The number of esters is 1. The van der Waals surface area contributed by atoms with E-state index in [1.54, 1.807) is 0 Å². The summed E-state index contributed by atoms with van der Waals surface area (Å²) in [5.41, 5.74) is 0. The summed E-state index contributed by atoms with van der Waals surface area (Å²) in [5.74, 6) is -0.536. The second-order valence-electron chi connectivity index (χ2n) is 11.5. The number of phosphoric ester groups is 1. The van der Waals surface area contributed by atoms with Gasteiger partial charge in [0.25, 0.3) is 0 Å². The Bertz CT molecular complexity index is 846. The minimum atomic E-state index is -4.40. The van der Waals surface area contributed by atoms with Gasteiger partial charge in [-0.3, -0.25) is 18.6 Å². The number of nitrogens with one attached hydrogen (secondary N) is 1. The van der Waals surface area contributed by atoms with Crippen molar-refractivity contribution in [2.24, 2.45) is 0 Å². The summed E-state index contributed by atoms with van der Waals surface area (Å²) < 4.78 is 26.6. The van der Waals surface area contributed by atoms with Gasteiger partial charge >= 0.3 is 13.8 Å². The molecule has 0 aromatic rings. The predicted octanol–water partition coefficient (Wildman–Crippen LogP) is 8.65. The maximum atomic E-state index is 12.0. The topological polar surface area (TPSA) is 131 Å². The van der Waals surface area contributed by atoms with Crippen molar-refractivity contribution in [3.8, 4) is 0 Å². The quantitative estimate of drug-likeness (QED) is 0.0284. The molecule has 0 aromatic carbocycles. The van der Waals surface area contributed by atoms with Crippen molar-refractivity contribution in [1.29, 1.82) is 0 Å². The average Bonchev–Trinajstić information content (AvgIpc) is 3.02. The number of unbranched alkanes of at least 4 members (excludes halogenated alkanes) is 13. The van der Waals surface area contributed by atoms with Crippen molar-refractivity contribution in [3.63, 3.8) is 0 Å². The van der Waals surface area contributed by atoms with Gasteiger partial charge in [-0.2, -0.15) is 0 Å². The van der Waals surface area contributed by atoms with E-state index in [4.69, 9.17) is 13.8 Å². The van der Waals surface area contributed by atoms with Crippen LogP contribution in [0.4, 0.5) is 0 Å². The smallest absolute Gasteiger partial charge is 0.463 e. The van der Waals surface area contributed by atoms with Crippen LogP contribution < -0.4 is 5.32 Å². The third-order valence-corrected chi connectivity index (χ3v) is 8.07. The van der Waals surface area contributed by atoms with Gasteiger partial charge in [0.05, 0.1) is 13.2 Å². The summed E-state index contributed by atoms with van der Waals surface area (Å²) >= 11 is 0. The van der Waals surface area contributed by atoms with Crippen LogP contribution in [0.5, 0.6) is 0 Å². The monoisotopic (exact) mass is 657 g/mol. The van der Waals surface area contributed by atoms with Crippen LogP contribution in [0.15, 0.2) is 36.5 Å². The molecule has 0 aliphatic heterocycles. The third-order valence-electron chi connectivity index (χ3n) is 7.08. The molecule has 0 fully saturated rings. The molecule has 0 aliphatic carbocycles. The van der Waals surface area contributed by atoms with E-state index in [0.29, 0.717) is 6.42 Å². The molecule has 0 spiro atoms. The number of phosphoric acid groups is 1. The Kier molecular flexibility index (Phi) is 30.9. The molecule has 0 saturated carbocycles. The number of amides is 1. The first-order valence-electron chi connectivity index (χ1n) is 17.5. The number of carbonyl (C=O) groups is 2. The summed E-state index contributed by atoms with van der Waals surface area (Å²) in [6.45, 7) is 3.36. The highest BCUT2D eigenvalue weighted by Gasteiger charge is 2.23. The Morgan fingerprint density at radius 1 is 0.711 bits per heavy atom. The van der Waals surface area contributed by atoms with Gasteiger partial charge in [-0.15, -0.1) is 0 Å². The minimum Gasteiger partial charge on any atom is -0.463 e. The van der Waals surface area contributed by atoms with Gasteiger partial charge in [-0.1, -0.05) is 121 Å². The largest absolute Gasteiger partial charge is 0.472 e. The number of ether oxygens (including phenoxy) is 1. The Morgan fingerprint density at radius 3 is 1.91 bits per heavy atom. The van der Waals surface area contributed by atoms with E-state index < -0.39 is 26.5 Å². The minimum absolute atomic E-state index is 0.0805. The van der Waals surface area contributed by atoms with Gasteiger partial charge in [-0.05, 0) is 44.9 Å². The molecule has 9 nitrogen and oxygen atoms in total. The molecule has 2 atom stereocenters. The Hall–Kier alpha value is -1.77. The lowest BCUT2D eigenvalue weighted by Gasteiger charge is -2.15. The van der Waals surface area contributed by atoms with Gasteiger partial charge in [0, 0.05) is 19.4 Å². The molecule has 0 radical (unpaired) electrons. The molecule has 0 aromatic heterocycles. The molecule has 0 saturated heterocycles. The van der Waals surface area contributed by atoms with Crippen molar-refractivity contribution >= 4 is 19.7 Å². The molecule has 10 heteroatoms. The number of aliphatic hydroxyl groups is 1. The Balaban J connectivity index is 3.65. The van der Waals surface area contributed by atoms with E-state index in [1.807, 2.05) is 0 Å². The van der Waals surface area contributed by atoms with E-state index in [2.05, 4.69) is 55.6 Å². The van der Waals surface area contributed by atoms with Crippen LogP contribution in [-0.2, 0) is 27.9 Å². The molecule has 45 heavy (non-hydrogen) atoms. The lowest BCUT2D eigenvalue weighted by Crippen LogP contribution is -2.27. The van der Waals surface area contributed by atoms with Crippen LogP contribution in [0.3, 0.4) is 0 Å². The summed E-state index contributed by atoms with van der Waals surface area (Å²) in [4.78, 5) is 33.5. The lowest BCUT2D eigenvalue weighted by atomic mass is 10.1. The summed E-state index contributed by atoms with van der Waals surface area (Å²) in [6.07, 6.45) is 32.3. The number of rotatable bonds is 32. The van der Waals surface area contributed by atoms with Gasteiger partial charge in [0.15, 0.2) is 0 Å². The maximum Gasteiger partial charge on any atom is 0.472 e. The van der Waals surface area contributed by atoms with Crippen molar-refractivity contribution in [1.82, 2.24) is 5.32 Å². The first-order chi connectivity index (χ1) is 21.8. The second-order valence-corrected chi connectivity index (χ2v) is 12.9. The van der Waals surface area contributed by atoms with Crippen LogP contribution in [0, 0.1) is 0 Å². The summed E-state index contributed by atoms with van der Waals surface area (Å²) in [5, 5.41) is 12.6. The molecule has 0 bridgehead atoms. The van der Waals surface area contributed by atoms with E-state index in [9.17, 15) is 24.2 Å². The zero-order valence-electron chi connectivity index (χ0n) is 28.3. The third kappa shape index (κ3) is 33.4. The van der Waals surface area contributed by atoms with E-state index in [-0.39, 0.29) is 32.1 Å². The van der Waals surface area contributed by atoms with Gasteiger partial charge in [0.2, 0.25) is 5.91 Å². The predicted molar refractivity (Wildman–Crippen MR) is 183 cm³/mol. The van der Waals surface area contributed by atoms with Gasteiger partial charge in [0.1, 0.15) is 12.7 Å². The number of aliphatic hydroxyl groups excluding tert-OH is 1. The maximum absolute atomic E-state index is 12.0. The highest BCUT2D eigenvalue weighted by Crippen LogP contribution is 2.42. The summed E-state index contributed by atoms with van der Waals surface area (Å²) in [6, 6.07) is 0. The van der Waals surface area contributed by atoms with Gasteiger partial charge in [-0.25, -0.2) is 4.57 Å². The molecular formula is C35H64NO8P. The number of hydrogen-bond acceptors (Lipinski definition) is 7. The van der Waals surface area contributed by atoms with Crippen LogP contribution in [0.2, 0.25) is 0 Å². The number of hydrogen-bond donors (Lipinski definition) is 3. The fraction of sp³-hybridized carbons (Fsp3) is 0.771. The molecule has 0 rings (SSSR count). The normalized spacial score (nSPS) is 14.0. The zero-order valence-corrected chi connectivity index (χ0v) is 29.2. The van der Waals surface area contributed by atoms with Crippen LogP contribution in [0.25, 0.3) is 0 Å². The Morgan fingerprint density at radius 2 is 1.27 bits per heavy atom. The molecule has 2 unspecified atom stereocenters. The fourth-order valence-corrected chi connectivity index (χ4v) is 5.21. The highest BCUT2D eigenvalue weighted by molar-refractivity contribution is 7.47. The molecule has 262 valence electrons. The highest BCUT2D eigenvalue weighted by atomic mass is 31.2. The molecule has 0 heterocycles. The molecule has 1 amide bonds. The van der Waals surface area contributed by atoms with Crippen molar-refractivity contribution in [2.45, 2.75) is 148 Å². The number of carbonyl (C=O) groups excluding carboxylic acids is 2. The first-order valence-corrected chi connectivity index (χ1v) is 19.0. The average molecular weight is 658 g/mol. The van der Waals surface area contributed by atoms with Crippen LogP contribution >= 0.6 is 7.82 Å². The standard InChI is InChI=1S/C35H64NO8P/c1-3-5-7-9-11-12-13-14-15-16-17-18-19-20-22-24-26-28-35(39)42-31-33(37)32-44-45(40,41)43-30-29-36-34(38)27-25-23-21-10-8-6-4-2/h5,7,11-12,14-15,33,37H,3-4,6,8-10,13,16-32H2,1-2H3,(H,36,38)(H,40,41)/b7-5-,12-11-,15-14-. The number of allylic oxidation sites excluding steroid dienone is 6. The van der Waals surface area contributed by atoms with E-state index in [1.165, 1.54) is 44.9 Å². The lowest BCUT2D eigenvalue weighted by molar-refractivity contribution is -0.147. The second kappa shape index (κ2) is 32.2.